The Morgan fingerprint density at radius 1 is 0.773 bits per heavy atom. The van der Waals surface area contributed by atoms with Gasteiger partial charge in [-0.1, -0.05) is 42.5 Å². The Morgan fingerprint density at radius 2 is 1.36 bits per heavy atom. The molecular weight excluding hydrogens is 296 g/mol. The van der Waals surface area contributed by atoms with E-state index in [1.807, 2.05) is 42.5 Å². The summed E-state index contributed by atoms with van der Waals surface area (Å²) in [5, 5.41) is 2.87. The van der Waals surface area contributed by atoms with Crippen molar-refractivity contribution >= 4 is 24.0 Å². The van der Waals surface area contributed by atoms with Crippen LogP contribution < -0.4 is 5.32 Å². The number of hydrogen-bond donors (Lipinski definition) is 1. The fourth-order valence-electron chi connectivity index (χ4n) is 2.08. The second-order valence-electron chi connectivity index (χ2n) is 4.63. The number of carbonyl (C=O) groups is 1. The van der Waals surface area contributed by atoms with Crippen LogP contribution in [0.1, 0.15) is 10.4 Å². The quantitative estimate of drug-likeness (QED) is 0.778. The van der Waals surface area contributed by atoms with Crippen molar-refractivity contribution in [1.29, 1.82) is 0 Å². The van der Waals surface area contributed by atoms with E-state index < -0.39 is 0 Å². The molecule has 22 heavy (non-hydrogen) atoms. The number of nitrogens with zero attached hydrogens (tertiary/aromatic N) is 1. The minimum Gasteiger partial charge on any atom is -0.322 e. The number of nitrogens with one attached hydrogen (secondary N) is 1. The average Bonchev–Trinajstić information content (AvgIpc) is 2.57. The molecule has 0 aliphatic heterocycles. The van der Waals surface area contributed by atoms with E-state index in [-0.39, 0.29) is 18.3 Å². The molecule has 0 aliphatic carbocycles. The van der Waals surface area contributed by atoms with Crippen molar-refractivity contribution in [3.8, 4) is 11.1 Å². The molecule has 1 amide bonds. The molecule has 0 saturated carbocycles. The SMILES string of the molecule is Cl.O=C(Nc1ccc(-c2ccccc2)cc1)c1ccncc1. The van der Waals surface area contributed by atoms with E-state index in [4.69, 9.17) is 0 Å². The topological polar surface area (TPSA) is 42.0 Å². The largest absolute Gasteiger partial charge is 0.322 e. The zero-order valence-electron chi connectivity index (χ0n) is 11.8. The Bertz CT molecular complexity index is 728. The van der Waals surface area contributed by atoms with Gasteiger partial charge in [0.05, 0.1) is 0 Å². The Labute approximate surface area is 135 Å². The van der Waals surface area contributed by atoms with Crippen LogP contribution in [0.5, 0.6) is 0 Å². The van der Waals surface area contributed by atoms with Crippen LogP contribution in [0.25, 0.3) is 11.1 Å². The number of amides is 1. The van der Waals surface area contributed by atoms with Gasteiger partial charge in [0.2, 0.25) is 0 Å². The molecule has 3 aromatic rings. The van der Waals surface area contributed by atoms with E-state index in [0.29, 0.717) is 5.56 Å². The fraction of sp³-hybridized carbons (Fsp3) is 0. The van der Waals surface area contributed by atoms with Crippen molar-refractivity contribution < 1.29 is 4.79 Å². The first-order valence-electron chi connectivity index (χ1n) is 6.70. The van der Waals surface area contributed by atoms with Gasteiger partial charge >= 0.3 is 0 Å². The monoisotopic (exact) mass is 310 g/mol. The van der Waals surface area contributed by atoms with E-state index in [1.165, 1.54) is 0 Å². The van der Waals surface area contributed by atoms with Gasteiger partial charge in [-0.05, 0) is 35.4 Å². The number of aromatic nitrogens is 1. The van der Waals surface area contributed by atoms with E-state index in [9.17, 15) is 4.79 Å². The van der Waals surface area contributed by atoms with Crippen molar-refractivity contribution in [2.45, 2.75) is 0 Å². The summed E-state index contributed by atoms with van der Waals surface area (Å²) in [5.74, 6) is -0.134. The van der Waals surface area contributed by atoms with Crippen molar-refractivity contribution in [3.05, 3.63) is 84.7 Å². The summed E-state index contributed by atoms with van der Waals surface area (Å²) in [6, 6.07) is 21.3. The molecule has 110 valence electrons. The maximum atomic E-state index is 12.0. The first kappa shape index (κ1) is 15.7. The molecule has 0 fully saturated rings. The lowest BCUT2D eigenvalue weighted by Crippen LogP contribution is -2.11. The van der Waals surface area contributed by atoms with Gasteiger partial charge in [-0.2, -0.15) is 0 Å². The van der Waals surface area contributed by atoms with E-state index >= 15 is 0 Å². The molecule has 0 atom stereocenters. The highest BCUT2D eigenvalue weighted by Gasteiger charge is 2.05. The standard InChI is InChI=1S/C18H14N2O.ClH/c21-18(16-10-12-19-13-11-16)20-17-8-6-15(7-9-17)14-4-2-1-3-5-14;/h1-13H,(H,20,21);1H. The molecule has 0 spiro atoms. The van der Waals surface area contributed by atoms with Crippen molar-refractivity contribution in [3.63, 3.8) is 0 Å². The van der Waals surface area contributed by atoms with Crippen LogP contribution >= 0.6 is 12.4 Å². The van der Waals surface area contributed by atoms with Crippen molar-refractivity contribution in [1.82, 2.24) is 4.98 Å². The van der Waals surface area contributed by atoms with Gasteiger partial charge in [-0.25, -0.2) is 0 Å². The number of pyridine rings is 1. The van der Waals surface area contributed by atoms with Crippen LogP contribution in [0.15, 0.2) is 79.1 Å². The molecule has 0 saturated heterocycles. The number of anilines is 1. The molecule has 0 unspecified atom stereocenters. The molecule has 3 nitrogen and oxygen atoms in total. The van der Waals surface area contributed by atoms with Crippen LogP contribution in [0.2, 0.25) is 0 Å². The normalized spacial score (nSPS) is 9.64. The van der Waals surface area contributed by atoms with Gasteiger partial charge < -0.3 is 5.32 Å². The third-order valence-corrected chi connectivity index (χ3v) is 3.19. The third kappa shape index (κ3) is 3.71. The molecule has 0 radical (unpaired) electrons. The summed E-state index contributed by atoms with van der Waals surface area (Å²) in [7, 11) is 0. The van der Waals surface area contributed by atoms with Gasteiger partial charge in [0, 0.05) is 23.6 Å². The Kier molecular flexibility index (Phi) is 5.28. The zero-order chi connectivity index (χ0) is 14.5. The number of benzene rings is 2. The number of carbonyl (C=O) groups excluding carboxylic acids is 1. The van der Waals surface area contributed by atoms with Crippen molar-refractivity contribution in [2.75, 3.05) is 5.32 Å². The van der Waals surface area contributed by atoms with Gasteiger partial charge in [-0.3, -0.25) is 9.78 Å². The van der Waals surface area contributed by atoms with Crippen LogP contribution in [-0.2, 0) is 0 Å². The zero-order valence-corrected chi connectivity index (χ0v) is 12.6. The lowest BCUT2D eigenvalue weighted by Gasteiger charge is -2.06. The predicted octanol–water partition coefficient (Wildman–Crippen LogP) is 4.42. The average molecular weight is 311 g/mol. The lowest BCUT2D eigenvalue weighted by atomic mass is 10.1. The Balaban J connectivity index is 0.00000176. The second-order valence-corrected chi connectivity index (χ2v) is 4.63. The van der Waals surface area contributed by atoms with Crippen LogP contribution in [0, 0.1) is 0 Å². The summed E-state index contributed by atoms with van der Waals surface area (Å²) >= 11 is 0. The third-order valence-electron chi connectivity index (χ3n) is 3.19. The maximum absolute atomic E-state index is 12.0. The summed E-state index contributed by atoms with van der Waals surface area (Å²) in [5.41, 5.74) is 3.65. The summed E-state index contributed by atoms with van der Waals surface area (Å²) in [6.07, 6.45) is 3.21. The second kappa shape index (κ2) is 7.38. The Hall–Kier alpha value is -2.65. The van der Waals surface area contributed by atoms with Crippen LogP contribution in [-0.4, -0.2) is 10.9 Å². The van der Waals surface area contributed by atoms with Gasteiger partial charge in [0.1, 0.15) is 0 Å². The lowest BCUT2D eigenvalue weighted by molar-refractivity contribution is 0.102. The molecule has 1 N–H and O–H groups in total. The van der Waals surface area contributed by atoms with Gasteiger partial charge in [-0.15, -0.1) is 12.4 Å². The first-order chi connectivity index (χ1) is 10.3. The molecule has 0 bridgehead atoms. The highest BCUT2D eigenvalue weighted by atomic mass is 35.5. The minimum absolute atomic E-state index is 0. The molecular formula is C18H15ClN2O. The number of rotatable bonds is 3. The highest BCUT2D eigenvalue weighted by Crippen LogP contribution is 2.21. The van der Waals surface area contributed by atoms with Gasteiger partial charge in [0.25, 0.3) is 5.91 Å². The van der Waals surface area contributed by atoms with Crippen LogP contribution in [0.3, 0.4) is 0 Å². The molecule has 1 aromatic heterocycles. The number of halogens is 1. The first-order valence-corrected chi connectivity index (χ1v) is 6.70. The number of hydrogen-bond acceptors (Lipinski definition) is 2. The minimum atomic E-state index is -0.134. The van der Waals surface area contributed by atoms with E-state index in [2.05, 4.69) is 22.4 Å². The molecule has 2 aromatic carbocycles. The molecule has 3 rings (SSSR count). The van der Waals surface area contributed by atoms with E-state index in [1.54, 1.807) is 24.5 Å². The molecule has 0 aliphatic rings. The molecule has 4 heteroatoms. The smallest absolute Gasteiger partial charge is 0.255 e. The van der Waals surface area contributed by atoms with Crippen molar-refractivity contribution in [2.24, 2.45) is 0 Å². The highest BCUT2D eigenvalue weighted by molar-refractivity contribution is 6.04. The predicted molar refractivity (Wildman–Crippen MR) is 91.3 cm³/mol. The van der Waals surface area contributed by atoms with Gasteiger partial charge in [0.15, 0.2) is 0 Å². The summed E-state index contributed by atoms with van der Waals surface area (Å²) in [6.45, 7) is 0. The Morgan fingerprint density at radius 3 is 2.00 bits per heavy atom. The van der Waals surface area contributed by atoms with E-state index in [0.717, 1.165) is 16.8 Å². The maximum Gasteiger partial charge on any atom is 0.255 e. The fourth-order valence-corrected chi connectivity index (χ4v) is 2.08. The molecule has 1 heterocycles. The summed E-state index contributed by atoms with van der Waals surface area (Å²) in [4.78, 5) is 15.9. The van der Waals surface area contributed by atoms with Crippen LogP contribution in [0.4, 0.5) is 5.69 Å². The summed E-state index contributed by atoms with van der Waals surface area (Å²) < 4.78 is 0.